The number of ether oxygens (including phenoxy) is 1. The van der Waals surface area contributed by atoms with Crippen LogP contribution in [0.2, 0.25) is 0 Å². The van der Waals surface area contributed by atoms with Crippen LogP contribution in [0.1, 0.15) is 23.7 Å². The van der Waals surface area contributed by atoms with E-state index in [9.17, 15) is 9.18 Å². The molecule has 1 aliphatic rings. The highest BCUT2D eigenvalue weighted by Gasteiger charge is 2.27. The molecule has 0 bridgehead atoms. The van der Waals surface area contributed by atoms with Crippen LogP contribution >= 0.6 is 0 Å². The third-order valence-electron chi connectivity index (χ3n) is 5.38. The maximum atomic E-state index is 14.3. The highest BCUT2D eigenvalue weighted by molar-refractivity contribution is 6.06. The zero-order valence-corrected chi connectivity index (χ0v) is 18.1. The fourth-order valence-electron chi connectivity index (χ4n) is 3.74. The number of amides is 1. The predicted molar refractivity (Wildman–Crippen MR) is 116 cm³/mol. The minimum absolute atomic E-state index is 0.195. The standard InChI is InChI=1S/C21H26FN7O2/c1-5-31-20-16(10-23-21(25-20)29-7-6-15(12-29)27(2)3)19(30)24-14-8-13-11-28(4)26-18(13)17(22)9-14/h8-11,15H,5-7,12H2,1-4H3,(H,24,30). The molecule has 1 amide bonds. The zero-order chi connectivity index (χ0) is 22.1. The first-order valence-electron chi connectivity index (χ1n) is 10.2. The van der Waals surface area contributed by atoms with E-state index in [1.54, 1.807) is 19.3 Å². The predicted octanol–water partition coefficient (Wildman–Crippen LogP) is 2.29. The van der Waals surface area contributed by atoms with Gasteiger partial charge in [0.15, 0.2) is 5.82 Å². The monoisotopic (exact) mass is 427 g/mol. The molecule has 2 aromatic heterocycles. The Kier molecular flexibility index (Phi) is 5.73. The highest BCUT2D eigenvalue weighted by atomic mass is 19.1. The van der Waals surface area contributed by atoms with Crippen molar-refractivity contribution in [1.29, 1.82) is 0 Å². The number of rotatable bonds is 6. The topological polar surface area (TPSA) is 88.4 Å². The van der Waals surface area contributed by atoms with Crippen LogP contribution in [0, 0.1) is 5.82 Å². The minimum atomic E-state index is -0.505. The lowest BCUT2D eigenvalue weighted by atomic mass is 10.2. The van der Waals surface area contributed by atoms with Crippen LogP contribution in [-0.2, 0) is 7.05 Å². The summed E-state index contributed by atoms with van der Waals surface area (Å²) in [6.07, 6.45) is 4.17. The maximum absolute atomic E-state index is 14.3. The van der Waals surface area contributed by atoms with Gasteiger partial charge in [0.25, 0.3) is 5.91 Å². The summed E-state index contributed by atoms with van der Waals surface area (Å²) in [4.78, 5) is 26.1. The lowest BCUT2D eigenvalue weighted by Crippen LogP contribution is -2.32. The summed E-state index contributed by atoms with van der Waals surface area (Å²) in [5.41, 5.74) is 0.772. The van der Waals surface area contributed by atoms with Crippen LogP contribution in [0.5, 0.6) is 5.88 Å². The second-order valence-electron chi connectivity index (χ2n) is 7.83. The molecule has 0 spiro atoms. The summed E-state index contributed by atoms with van der Waals surface area (Å²) >= 11 is 0. The number of carbonyl (C=O) groups is 1. The van der Waals surface area contributed by atoms with E-state index in [4.69, 9.17) is 4.74 Å². The van der Waals surface area contributed by atoms with Gasteiger partial charge in [-0.3, -0.25) is 9.48 Å². The second kappa shape index (κ2) is 8.46. The van der Waals surface area contributed by atoms with Gasteiger partial charge in [0.05, 0.1) is 6.61 Å². The van der Waals surface area contributed by atoms with Gasteiger partial charge in [-0.15, -0.1) is 0 Å². The van der Waals surface area contributed by atoms with Crippen molar-refractivity contribution < 1.29 is 13.9 Å². The van der Waals surface area contributed by atoms with Crippen molar-refractivity contribution >= 4 is 28.4 Å². The van der Waals surface area contributed by atoms with E-state index in [1.807, 2.05) is 6.92 Å². The van der Waals surface area contributed by atoms with E-state index in [0.717, 1.165) is 19.5 Å². The number of hydrogen-bond donors (Lipinski definition) is 1. The van der Waals surface area contributed by atoms with Crippen molar-refractivity contribution in [3.8, 4) is 5.88 Å². The van der Waals surface area contributed by atoms with Gasteiger partial charge in [-0.1, -0.05) is 0 Å². The summed E-state index contributed by atoms with van der Waals surface area (Å²) in [6.45, 7) is 3.83. The molecule has 3 heterocycles. The normalized spacial score (nSPS) is 16.3. The molecule has 0 aliphatic carbocycles. The van der Waals surface area contributed by atoms with Crippen molar-refractivity contribution in [3.63, 3.8) is 0 Å². The summed E-state index contributed by atoms with van der Waals surface area (Å²) < 4.78 is 21.5. The van der Waals surface area contributed by atoms with E-state index in [2.05, 4.69) is 44.3 Å². The van der Waals surface area contributed by atoms with Crippen molar-refractivity contribution in [2.45, 2.75) is 19.4 Å². The van der Waals surface area contributed by atoms with Crippen LogP contribution in [0.3, 0.4) is 0 Å². The first kappa shape index (κ1) is 21.0. The Balaban J connectivity index is 1.57. The van der Waals surface area contributed by atoms with Crippen LogP contribution in [0.4, 0.5) is 16.0 Å². The first-order chi connectivity index (χ1) is 14.9. The summed E-state index contributed by atoms with van der Waals surface area (Å²) in [5, 5.41) is 7.38. The minimum Gasteiger partial charge on any atom is -0.477 e. The molecule has 31 heavy (non-hydrogen) atoms. The molecule has 0 saturated carbocycles. The number of nitrogens with one attached hydrogen (secondary N) is 1. The quantitative estimate of drug-likeness (QED) is 0.646. The Bertz CT molecular complexity index is 1110. The number of nitrogens with zero attached hydrogens (tertiary/aromatic N) is 6. The Labute approximate surface area is 179 Å². The number of hydrogen-bond acceptors (Lipinski definition) is 7. The average molecular weight is 427 g/mol. The molecule has 1 aliphatic heterocycles. The fraction of sp³-hybridized carbons (Fsp3) is 0.429. The van der Waals surface area contributed by atoms with Crippen molar-refractivity contribution in [2.24, 2.45) is 7.05 Å². The van der Waals surface area contributed by atoms with Gasteiger partial charge >= 0.3 is 0 Å². The summed E-state index contributed by atoms with van der Waals surface area (Å²) in [6, 6.07) is 3.35. The van der Waals surface area contributed by atoms with Gasteiger partial charge in [-0.2, -0.15) is 10.1 Å². The number of aromatic nitrogens is 4. The SMILES string of the molecule is CCOc1nc(N2CCC(N(C)C)C2)ncc1C(=O)Nc1cc(F)c2nn(C)cc2c1. The van der Waals surface area contributed by atoms with E-state index < -0.39 is 11.7 Å². The third-order valence-corrected chi connectivity index (χ3v) is 5.38. The molecule has 1 aromatic carbocycles. The van der Waals surface area contributed by atoms with Gasteiger partial charge in [-0.05, 0) is 39.6 Å². The first-order valence-corrected chi connectivity index (χ1v) is 10.2. The number of fused-ring (bicyclic) bond motifs is 1. The number of halogens is 1. The largest absolute Gasteiger partial charge is 0.477 e. The Morgan fingerprint density at radius 2 is 2.19 bits per heavy atom. The van der Waals surface area contributed by atoms with Gasteiger partial charge in [0, 0.05) is 49.6 Å². The van der Waals surface area contributed by atoms with Crippen molar-refractivity contribution in [3.05, 3.63) is 35.9 Å². The van der Waals surface area contributed by atoms with Crippen LogP contribution < -0.4 is 15.0 Å². The van der Waals surface area contributed by atoms with E-state index in [1.165, 1.54) is 16.9 Å². The van der Waals surface area contributed by atoms with Gasteiger partial charge in [-0.25, -0.2) is 9.37 Å². The van der Waals surface area contributed by atoms with Crippen LogP contribution in [-0.4, -0.2) is 70.4 Å². The van der Waals surface area contributed by atoms with E-state index >= 15 is 0 Å². The average Bonchev–Trinajstić information content (AvgIpc) is 3.35. The second-order valence-corrected chi connectivity index (χ2v) is 7.83. The number of benzene rings is 1. The molecular weight excluding hydrogens is 401 g/mol. The number of aryl methyl sites for hydroxylation is 1. The molecule has 10 heteroatoms. The van der Waals surface area contributed by atoms with Gasteiger partial charge < -0.3 is 19.9 Å². The molecule has 0 radical (unpaired) electrons. The molecule has 1 saturated heterocycles. The molecule has 1 N–H and O–H groups in total. The van der Waals surface area contributed by atoms with Crippen molar-refractivity contribution in [2.75, 3.05) is 44.0 Å². The van der Waals surface area contributed by atoms with E-state index in [0.29, 0.717) is 29.7 Å². The maximum Gasteiger partial charge on any atom is 0.262 e. The summed E-state index contributed by atoms with van der Waals surface area (Å²) in [5.74, 6) is -0.229. The molecule has 1 unspecified atom stereocenters. The number of likely N-dealkylation sites (N-methyl/N-ethyl adjacent to an activating group) is 1. The lowest BCUT2D eigenvalue weighted by Gasteiger charge is -2.21. The number of anilines is 2. The van der Waals surface area contributed by atoms with Gasteiger partial charge in [0.1, 0.15) is 11.1 Å². The smallest absolute Gasteiger partial charge is 0.262 e. The Morgan fingerprint density at radius 1 is 1.39 bits per heavy atom. The van der Waals surface area contributed by atoms with Gasteiger partial charge in [0.2, 0.25) is 11.8 Å². The molecule has 1 atom stereocenters. The van der Waals surface area contributed by atoms with Crippen LogP contribution in [0.15, 0.2) is 24.5 Å². The molecule has 164 valence electrons. The molecule has 3 aromatic rings. The molecule has 4 rings (SSSR count). The fourth-order valence-corrected chi connectivity index (χ4v) is 3.74. The Morgan fingerprint density at radius 3 is 2.90 bits per heavy atom. The number of carbonyl (C=O) groups excluding carboxylic acids is 1. The zero-order valence-electron chi connectivity index (χ0n) is 18.1. The highest BCUT2D eigenvalue weighted by Crippen LogP contribution is 2.25. The Hall–Kier alpha value is -3.27. The van der Waals surface area contributed by atoms with Crippen LogP contribution in [0.25, 0.3) is 10.9 Å². The summed E-state index contributed by atoms with van der Waals surface area (Å²) in [7, 11) is 5.83. The lowest BCUT2D eigenvalue weighted by molar-refractivity contribution is 0.102. The molecular formula is C21H26FN7O2. The van der Waals surface area contributed by atoms with E-state index in [-0.39, 0.29) is 17.0 Å². The third kappa shape index (κ3) is 4.29. The molecule has 1 fully saturated rings. The molecule has 9 nitrogen and oxygen atoms in total. The van der Waals surface area contributed by atoms with Crippen molar-refractivity contribution in [1.82, 2.24) is 24.6 Å².